The third-order valence-corrected chi connectivity index (χ3v) is 6.60. The molecule has 1 saturated carbocycles. The highest BCUT2D eigenvalue weighted by atomic mass is 35.5. The quantitative estimate of drug-likeness (QED) is 0.906. The van der Waals surface area contributed by atoms with Crippen LogP contribution in [0.5, 0.6) is 0 Å². The molecule has 2 aliphatic heterocycles. The molecule has 1 spiro atoms. The summed E-state index contributed by atoms with van der Waals surface area (Å²) in [6.07, 6.45) is 5.74. The topological polar surface area (TPSA) is 32.3 Å². The minimum absolute atomic E-state index is 0.0891. The molecular formula is C19H24ClFN2O. The zero-order valence-corrected chi connectivity index (χ0v) is 14.6. The number of piperidine rings is 1. The fourth-order valence-electron chi connectivity index (χ4n) is 4.68. The van der Waals surface area contributed by atoms with Crippen LogP contribution in [0, 0.1) is 17.2 Å². The number of nitrogens with one attached hydrogen (secondary N) is 1. The molecule has 3 nitrogen and oxygen atoms in total. The number of likely N-dealkylation sites (tertiary alicyclic amines) is 1. The average Bonchev–Trinajstić information content (AvgIpc) is 3.05. The minimum atomic E-state index is -0.261. The monoisotopic (exact) mass is 350 g/mol. The van der Waals surface area contributed by atoms with Crippen LogP contribution in [-0.2, 0) is 11.2 Å². The second-order valence-electron chi connectivity index (χ2n) is 7.60. The zero-order chi connectivity index (χ0) is 16.7. The Balaban J connectivity index is 1.46. The van der Waals surface area contributed by atoms with Gasteiger partial charge in [-0.05, 0) is 69.2 Å². The Kier molecular flexibility index (Phi) is 4.29. The maximum atomic E-state index is 14.1. The van der Waals surface area contributed by atoms with E-state index in [4.69, 9.17) is 11.6 Å². The predicted octanol–water partition coefficient (Wildman–Crippen LogP) is 3.40. The van der Waals surface area contributed by atoms with Gasteiger partial charge in [-0.1, -0.05) is 17.7 Å². The number of rotatable bonds is 3. The maximum absolute atomic E-state index is 14.1. The smallest absolute Gasteiger partial charge is 0.226 e. The van der Waals surface area contributed by atoms with E-state index in [1.165, 1.54) is 6.07 Å². The molecule has 2 unspecified atom stereocenters. The summed E-state index contributed by atoms with van der Waals surface area (Å²) in [4.78, 5) is 15.0. The number of hydrogen-bond acceptors (Lipinski definition) is 2. The van der Waals surface area contributed by atoms with Crippen LogP contribution >= 0.6 is 11.6 Å². The van der Waals surface area contributed by atoms with Crippen LogP contribution in [0.4, 0.5) is 4.39 Å². The summed E-state index contributed by atoms with van der Waals surface area (Å²) in [6.45, 7) is 2.86. The van der Waals surface area contributed by atoms with E-state index in [1.807, 2.05) is 4.90 Å². The summed E-state index contributed by atoms with van der Waals surface area (Å²) in [6, 6.07) is 4.90. The lowest BCUT2D eigenvalue weighted by Gasteiger charge is -2.28. The number of nitrogens with zero attached hydrogens (tertiary/aromatic N) is 1. The van der Waals surface area contributed by atoms with E-state index in [1.54, 1.807) is 12.1 Å². The third-order valence-electron chi connectivity index (χ3n) is 6.25. The third kappa shape index (κ3) is 2.84. The van der Waals surface area contributed by atoms with E-state index in [-0.39, 0.29) is 23.2 Å². The Morgan fingerprint density at radius 3 is 2.92 bits per heavy atom. The molecule has 3 fully saturated rings. The summed E-state index contributed by atoms with van der Waals surface area (Å²) in [7, 11) is 0. The highest BCUT2D eigenvalue weighted by Gasteiger charge is 2.59. The first-order valence-electron chi connectivity index (χ1n) is 9.05. The van der Waals surface area contributed by atoms with Gasteiger partial charge in [-0.25, -0.2) is 4.39 Å². The second-order valence-corrected chi connectivity index (χ2v) is 8.01. The molecule has 2 saturated heterocycles. The summed E-state index contributed by atoms with van der Waals surface area (Å²) >= 11 is 6.18. The molecule has 130 valence electrons. The summed E-state index contributed by atoms with van der Waals surface area (Å²) in [5, 5.41) is 3.85. The van der Waals surface area contributed by atoms with Crippen LogP contribution in [0.2, 0.25) is 5.02 Å². The van der Waals surface area contributed by atoms with Gasteiger partial charge in [0.15, 0.2) is 0 Å². The molecule has 24 heavy (non-hydrogen) atoms. The van der Waals surface area contributed by atoms with E-state index in [2.05, 4.69) is 5.32 Å². The number of carbonyl (C=O) groups excluding carboxylic acids is 1. The molecule has 5 heteroatoms. The largest absolute Gasteiger partial charge is 0.339 e. The van der Waals surface area contributed by atoms with Gasteiger partial charge in [0.05, 0.1) is 0 Å². The van der Waals surface area contributed by atoms with E-state index in [0.717, 1.165) is 51.7 Å². The second kappa shape index (κ2) is 6.30. The maximum Gasteiger partial charge on any atom is 0.226 e. The van der Waals surface area contributed by atoms with E-state index >= 15 is 0 Å². The number of benzene rings is 1. The average molecular weight is 351 g/mol. The van der Waals surface area contributed by atoms with Crippen LogP contribution in [-0.4, -0.2) is 36.5 Å². The Morgan fingerprint density at radius 1 is 1.38 bits per heavy atom. The van der Waals surface area contributed by atoms with Gasteiger partial charge in [0.2, 0.25) is 5.91 Å². The molecule has 4 rings (SSSR count). The van der Waals surface area contributed by atoms with Crippen LogP contribution in [0.1, 0.15) is 37.7 Å². The summed E-state index contributed by atoms with van der Waals surface area (Å²) in [5.41, 5.74) is 0.807. The first kappa shape index (κ1) is 16.3. The van der Waals surface area contributed by atoms with Gasteiger partial charge in [-0.15, -0.1) is 0 Å². The lowest BCUT2D eigenvalue weighted by molar-refractivity contribution is -0.134. The Bertz CT molecular complexity index is 624. The SMILES string of the molecule is O=C(C1CC12CCNCC2)N1CCCC1Cc1c(F)cccc1Cl. The number of hydrogen-bond donors (Lipinski definition) is 1. The van der Waals surface area contributed by atoms with Crippen molar-refractivity contribution in [3.8, 4) is 0 Å². The van der Waals surface area contributed by atoms with Crippen molar-refractivity contribution in [1.82, 2.24) is 10.2 Å². The van der Waals surface area contributed by atoms with Crippen molar-refractivity contribution in [3.05, 3.63) is 34.6 Å². The molecule has 1 aliphatic carbocycles. The zero-order valence-electron chi connectivity index (χ0n) is 13.9. The predicted molar refractivity (Wildman–Crippen MR) is 92.5 cm³/mol. The molecule has 0 bridgehead atoms. The molecule has 2 heterocycles. The van der Waals surface area contributed by atoms with Gasteiger partial charge in [0.1, 0.15) is 5.82 Å². The van der Waals surface area contributed by atoms with Gasteiger partial charge in [-0.2, -0.15) is 0 Å². The van der Waals surface area contributed by atoms with Crippen molar-refractivity contribution in [2.75, 3.05) is 19.6 Å². The molecule has 1 aromatic rings. The van der Waals surface area contributed by atoms with Gasteiger partial charge >= 0.3 is 0 Å². The fourth-order valence-corrected chi connectivity index (χ4v) is 4.92. The highest BCUT2D eigenvalue weighted by molar-refractivity contribution is 6.31. The highest BCUT2D eigenvalue weighted by Crippen LogP contribution is 2.59. The van der Waals surface area contributed by atoms with Crippen LogP contribution in [0.3, 0.4) is 0 Å². The van der Waals surface area contributed by atoms with Crippen LogP contribution in [0.15, 0.2) is 18.2 Å². The van der Waals surface area contributed by atoms with Crippen molar-refractivity contribution in [2.24, 2.45) is 11.3 Å². The molecule has 1 aromatic carbocycles. The molecular weight excluding hydrogens is 327 g/mol. The van der Waals surface area contributed by atoms with Crippen molar-refractivity contribution < 1.29 is 9.18 Å². The summed E-state index contributed by atoms with van der Waals surface area (Å²) in [5.74, 6) is 0.228. The lowest BCUT2D eigenvalue weighted by Crippen LogP contribution is -2.40. The molecule has 0 radical (unpaired) electrons. The normalized spacial score (nSPS) is 28.3. The van der Waals surface area contributed by atoms with Gasteiger partial charge in [0.25, 0.3) is 0 Å². The van der Waals surface area contributed by atoms with Crippen molar-refractivity contribution in [1.29, 1.82) is 0 Å². The molecule has 1 N–H and O–H groups in total. The van der Waals surface area contributed by atoms with Crippen molar-refractivity contribution in [3.63, 3.8) is 0 Å². The lowest BCUT2D eigenvalue weighted by atomic mass is 9.91. The first-order chi connectivity index (χ1) is 11.6. The number of amides is 1. The standard InChI is InChI=1S/C19H24ClFN2O/c20-16-4-1-5-17(21)14(16)11-13-3-2-10-23(13)18(24)15-12-19(15)6-8-22-9-7-19/h1,4-5,13,15,22H,2-3,6-12H2. The Labute approximate surface area is 147 Å². The van der Waals surface area contributed by atoms with Crippen molar-refractivity contribution >= 4 is 17.5 Å². The molecule has 1 amide bonds. The molecule has 0 aromatic heterocycles. The van der Waals surface area contributed by atoms with E-state index < -0.39 is 0 Å². The van der Waals surface area contributed by atoms with E-state index in [9.17, 15) is 9.18 Å². The first-order valence-corrected chi connectivity index (χ1v) is 9.43. The van der Waals surface area contributed by atoms with Crippen LogP contribution in [0.25, 0.3) is 0 Å². The number of carbonyl (C=O) groups is 1. The summed E-state index contributed by atoms with van der Waals surface area (Å²) < 4.78 is 14.1. The fraction of sp³-hybridized carbons (Fsp3) is 0.632. The van der Waals surface area contributed by atoms with Gasteiger partial charge < -0.3 is 10.2 Å². The van der Waals surface area contributed by atoms with E-state index in [0.29, 0.717) is 22.9 Å². The van der Waals surface area contributed by atoms with Crippen LogP contribution < -0.4 is 5.32 Å². The minimum Gasteiger partial charge on any atom is -0.339 e. The van der Waals surface area contributed by atoms with Crippen molar-refractivity contribution in [2.45, 2.75) is 44.6 Å². The molecule has 2 atom stereocenters. The van der Waals surface area contributed by atoms with Gasteiger partial charge in [0, 0.05) is 29.1 Å². The number of halogens is 2. The van der Waals surface area contributed by atoms with Gasteiger partial charge in [-0.3, -0.25) is 4.79 Å². The Hall–Kier alpha value is -1.13. The Morgan fingerprint density at radius 2 is 2.17 bits per heavy atom. The molecule has 3 aliphatic rings.